The first-order valence-electron chi connectivity index (χ1n) is 9.87. The Hall–Kier alpha value is -2.62. The minimum atomic E-state index is -4.10. The molecule has 2 rings (SSSR count). The second-order valence-electron chi connectivity index (χ2n) is 7.81. The molecule has 4 N–H and O–H groups in total. The molecule has 0 amide bonds. The summed E-state index contributed by atoms with van der Waals surface area (Å²) in [6, 6.07) is 8.20. The second kappa shape index (κ2) is 9.67. The third-order valence-electron chi connectivity index (χ3n) is 4.96. The van der Waals surface area contributed by atoms with Gasteiger partial charge in [-0.2, -0.15) is 0 Å². The molecule has 0 saturated heterocycles. The number of rotatable bonds is 9. The molecule has 8 nitrogen and oxygen atoms in total. The lowest BCUT2D eigenvalue weighted by Gasteiger charge is -2.21. The number of benzene rings is 2. The highest BCUT2D eigenvalue weighted by atomic mass is 32.2. The molecule has 170 valence electrons. The second-order valence-corrected chi connectivity index (χ2v) is 9.49. The van der Waals surface area contributed by atoms with Crippen LogP contribution in [-0.2, 0) is 26.8 Å². The number of carbonyl (C=O) groups is 1. The summed E-state index contributed by atoms with van der Waals surface area (Å²) < 4.78 is 33.0. The van der Waals surface area contributed by atoms with Crippen molar-refractivity contribution in [3.8, 4) is 5.75 Å². The maximum atomic E-state index is 13.0. The molecule has 0 bridgehead atoms. The van der Waals surface area contributed by atoms with Crippen LogP contribution >= 0.6 is 0 Å². The molecule has 1 atom stereocenters. The van der Waals surface area contributed by atoms with Crippen molar-refractivity contribution in [2.45, 2.75) is 56.6 Å². The van der Waals surface area contributed by atoms with Crippen LogP contribution < -0.4 is 4.72 Å². The molecule has 0 heterocycles. The molecule has 0 spiro atoms. The lowest BCUT2D eigenvalue weighted by molar-refractivity contribution is 0.0597. The summed E-state index contributed by atoms with van der Waals surface area (Å²) >= 11 is 0. The summed E-state index contributed by atoms with van der Waals surface area (Å²) in [5.74, 6) is -1.26. The van der Waals surface area contributed by atoms with Crippen LogP contribution in [0, 0.1) is 0 Å². The monoisotopic (exact) mass is 451 g/mol. The molecule has 0 radical (unpaired) electrons. The van der Waals surface area contributed by atoms with E-state index in [1.807, 2.05) is 6.92 Å². The fourth-order valence-electron chi connectivity index (χ4n) is 2.97. The summed E-state index contributed by atoms with van der Waals surface area (Å²) in [5.41, 5.74) is 0.122. The Morgan fingerprint density at radius 3 is 2.45 bits per heavy atom. The van der Waals surface area contributed by atoms with Crippen molar-refractivity contribution in [3.63, 3.8) is 0 Å². The zero-order chi connectivity index (χ0) is 23.4. The molecule has 2 aromatic carbocycles. The van der Waals surface area contributed by atoms with Crippen LogP contribution in [0.15, 0.2) is 41.3 Å². The number of nitrogens with one attached hydrogen (secondary N) is 1. The molecular weight excluding hydrogens is 422 g/mol. The van der Waals surface area contributed by atoms with Gasteiger partial charge in [-0.25, -0.2) is 13.2 Å². The van der Waals surface area contributed by atoms with Gasteiger partial charge in [-0.05, 0) is 68.5 Å². The summed E-state index contributed by atoms with van der Waals surface area (Å²) in [5, 5.41) is 30.1. The highest BCUT2D eigenvalue weighted by Gasteiger charge is 2.23. The summed E-state index contributed by atoms with van der Waals surface area (Å²) in [4.78, 5) is 11.6. The predicted molar refractivity (Wildman–Crippen MR) is 117 cm³/mol. The number of anilines is 1. The largest absolute Gasteiger partial charge is 0.507 e. The van der Waals surface area contributed by atoms with E-state index in [0.29, 0.717) is 36.1 Å². The van der Waals surface area contributed by atoms with Gasteiger partial charge >= 0.3 is 5.97 Å². The number of ether oxygens (including phenoxy) is 1. The van der Waals surface area contributed by atoms with Crippen LogP contribution in [0.3, 0.4) is 0 Å². The van der Waals surface area contributed by atoms with Crippen LogP contribution in [0.2, 0.25) is 0 Å². The van der Waals surface area contributed by atoms with Gasteiger partial charge in [0, 0.05) is 0 Å². The number of methoxy groups -OCH3 is 1. The minimum Gasteiger partial charge on any atom is -0.507 e. The van der Waals surface area contributed by atoms with E-state index in [-0.39, 0.29) is 10.5 Å². The third kappa shape index (κ3) is 6.19. The molecule has 31 heavy (non-hydrogen) atoms. The van der Waals surface area contributed by atoms with Gasteiger partial charge < -0.3 is 20.1 Å². The van der Waals surface area contributed by atoms with Gasteiger partial charge in [-0.15, -0.1) is 0 Å². The maximum absolute atomic E-state index is 13.0. The molecule has 0 aromatic heterocycles. The van der Waals surface area contributed by atoms with E-state index in [1.54, 1.807) is 32.0 Å². The lowest BCUT2D eigenvalue weighted by Crippen LogP contribution is -2.19. The van der Waals surface area contributed by atoms with E-state index < -0.39 is 33.4 Å². The van der Waals surface area contributed by atoms with Gasteiger partial charge in [0.25, 0.3) is 10.0 Å². The van der Waals surface area contributed by atoms with Gasteiger partial charge in [0.2, 0.25) is 0 Å². The average molecular weight is 452 g/mol. The van der Waals surface area contributed by atoms with Crippen molar-refractivity contribution < 1.29 is 33.3 Å². The predicted octanol–water partition coefficient (Wildman–Crippen LogP) is 2.91. The highest BCUT2D eigenvalue weighted by molar-refractivity contribution is 7.92. The molecule has 2 aromatic rings. The Balaban J connectivity index is 2.44. The van der Waals surface area contributed by atoms with Gasteiger partial charge in [0.15, 0.2) is 0 Å². The molecule has 0 fully saturated rings. The summed E-state index contributed by atoms with van der Waals surface area (Å²) in [6.45, 7) is 5.11. The minimum absolute atomic E-state index is 0.225. The van der Waals surface area contributed by atoms with Crippen molar-refractivity contribution in [3.05, 3.63) is 53.1 Å². The standard InChI is InChI=1S/C22H29NO7S/c1-5-16(24)8-6-14-12-15(22(2,3)27)7-10-19(14)23-31(28,29)17-9-11-20(25)18(13-17)21(26)30-4/h7,9-13,16,23-25,27H,5-6,8H2,1-4H3. The number of phenols is 1. The van der Waals surface area contributed by atoms with Crippen LogP contribution in [0.25, 0.3) is 0 Å². The molecule has 9 heteroatoms. The summed E-state index contributed by atoms with van der Waals surface area (Å²) in [6.07, 6.45) is 0.845. The van der Waals surface area contributed by atoms with E-state index in [1.165, 1.54) is 6.07 Å². The van der Waals surface area contributed by atoms with Crippen molar-refractivity contribution in [2.75, 3.05) is 11.8 Å². The lowest BCUT2D eigenvalue weighted by atomic mass is 9.94. The molecule has 0 aliphatic rings. The van der Waals surface area contributed by atoms with Crippen LogP contribution in [0.4, 0.5) is 5.69 Å². The fraction of sp³-hybridized carbons (Fsp3) is 0.409. The summed E-state index contributed by atoms with van der Waals surface area (Å²) in [7, 11) is -2.98. The van der Waals surface area contributed by atoms with Crippen LogP contribution in [0.5, 0.6) is 5.75 Å². The van der Waals surface area contributed by atoms with Crippen molar-refractivity contribution in [1.29, 1.82) is 0 Å². The van der Waals surface area contributed by atoms with Gasteiger partial charge in [0.05, 0.1) is 29.4 Å². The van der Waals surface area contributed by atoms with Crippen LogP contribution in [-0.4, -0.2) is 42.9 Å². The van der Waals surface area contributed by atoms with E-state index in [9.17, 15) is 28.5 Å². The number of esters is 1. The average Bonchev–Trinajstić information content (AvgIpc) is 2.71. The van der Waals surface area contributed by atoms with E-state index in [2.05, 4.69) is 9.46 Å². The zero-order valence-corrected chi connectivity index (χ0v) is 18.9. The Morgan fingerprint density at radius 2 is 1.87 bits per heavy atom. The molecule has 0 saturated carbocycles. The first-order chi connectivity index (χ1) is 14.4. The number of sulfonamides is 1. The number of carbonyl (C=O) groups excluding carboxylic acids is 1. The Bertz CT molecular complexity index is 1040. The fourth-order valence-corrected chi connectivity index (χ4v) is 4.09. The Morgan fingerprint density at radius 1 is 1.19 bits per heavy atom. The van der Waals surface area contributed by atoms with E-state index in [4.69, 9.17) is 0 Å². The quantitative estimate of drug-likeness (QED) is 0.431. The maximum Gasteiger partial charge on any atom is 0.341 e. The Kier molecular flexibility index (Phi) is 7.69. The van der Waals surface area contributed by atoms with Gasteiger partial charge in [0.1, 0.15) is 11.3 Å². The first kappa shape index (κ1) is 24.6. The van der Waals surface area contributed by atoms with Crippen LogP contribution in [0.1, 0.15) is 55.1 Å². The molecule has 1 unspecified atom stereocenters. The van der Waals surface area contributed by atoms with Crippen molar-refractivity contribution in [1.82, 2.24) is 0 Å². The topological polar surface area (TPSA) is 133 Å². The Labute approximate surface area is 182 Å². The number of aliphatic hydroxyl groups is 2. The number of hydrogen-bond donors (Lipinski definition) is 4. The normalized spacial score (nSPS) is 13.0. The number of aromatic hydroxyl groups is 1. The number of aliphatic hydroxyl groups excluding tert-OH is 1. The van der Waals surface area contributed by atoms with Gasteiger partial charge in [-0.3, -0.25) is 4.72 Å². The smallest absolute Gasteiger partial charge is 0.341 e. The number of phenolic OH excluding ortho intramolecular Hbond substituents is 1. The number of aryl methyl sites for hydroxylation is 1. The van der Waals surface area contributed by atoms with Crippen molar-refractivity contribution >= 4 is 21.7 Å². The van der Waals surface area contributed by atoms with E-state index in [0.717, 1.165) is 19.2 Å². The zero-order valence-electron chi connectivity index (χ0n) is 18.0. The molecule has 0 aliphatic heterocycles. The van der Waals surface area contributed by atoms with Crippen molar-refractivity contribution in [2.24, 2.45) is 0 Å². The first-order valence-corrected chi connectivity index (χ1v) is 11.3. The highest BCUT2D eigenvalue weighted by Crippen LogP contribution is 2.29. The molecular formula is C22H29NO7S. The SMILES string of the molecule is CCC(O)CCc1cc(C(C)(C)O)ccc1NS(=O)(=O)c1ccc(O)c(C(=O)OC)c1. The van der Waals surface area contributed by atoms with Gasteiger partial charge in [-0.1, -0.05) is 19.1 Å². The third-order valence-corrected chi connectivity index (χ3v) is 6.32. The van der Waals surface area contributed by atoms with E-state index >= 15 is 0 Å². The molecule has 0 aliphatic carbocycles. The number of hydrogen-bond acceptors (Lipinski definition) is 7.